The summed E-state index contributed by atoms with van der Waals surface area (Å²) in [5.41, 5.74) is 5.71. The van der Waals surface area contributed by atoms with Gasteiger partial charge in [-0.05, 0) is 52.6 Å². The first-order valence-electron chi connectivity index (χ1n) is 9.78. The molecule has 3 nitrogen and oxygen atoms in total. The van der Waals surface area contributed by atoms with Gasteiger partial charge in [0.15, 0.2) is 0 Å². The van der Waals surface area contributed by atoms with Gasteiger partial charge in [0, 0.05) is 36.8 Å². The lowest BCUT2D eigenvalue weighted by atomic mass is 9.86. The van der Waals surface area contributed by atoms with Gasteiger partial charge in [0.1, 0.15) is 0 Å². The molecule has 144 valence electrons. The maximum absolute atomic E-state index is 4.69. The topological polar surface area (TPSA) is 37.1 Å². The third-order valence-electron chi connectivity index (χ3n) is 4.58. The van der Waals surface area contributed by atoms with Crippen molar-refractivity contribution in [3.05, 3.63) is 70.9 Å². The zero-order chi connectivity index (χ0) is 19.9. The summed E-state index contributed by atoms with van der Waals surface area (Å²) in [6.45, 7) is 6.29. The molecule has 0 fully saturated rings. The molecular formula is C24H27N3S. The summed E-state index contributed by atoms with van der Waals surface area (Å²) in [5, 5.41) is 3.43. The van der Waals surface area contributed by atoms with Crippen LogP contribution < -0.4 is 0 Å². The van der Waals surface area contributed by atoms with Crippen LogP contribution in [0.15, 0.2) is 80.3 Å². The summed E-state index contributed by atoms with van der Waals surface area (Å²) in [4.78, 5) is 13.5. The van der Waals surface area contributed by atoms with Crippen molar-refractivity contribution in [3.63, 3.8) is 0 Å². The summed E-state index contributed by atoms with van der Waals surface area (Å²) >= 11 is 1.78. The second kappa shape index (κ2) is 9.56. The van der Waals surface area contributed by atoms with E-state index in [4.69, 9.17) is 4.99 Å². The molecule has 4 heteroatoms. The maximum Gasteiger partial charge on any atom is 0.0735 e. The van der Waals surface area contributed by atoms with E-state index in [0.717, 1.165) is 23.4 Å². The average molecular weight is 390 g/mol. The molecule has 1 aromatic heterocycles. The molecule has 3 heterocycles. The quantitative estimate of drug-likeness (QED) is 0.540. The number of nitrogens with zero attached hydrogens (tertiary/aromatic N) is 3. The van der Waals surface area contributed by atoms with Gasteiger partial charge in [0.05, 0.1) is 17.3 Å². The Balaban J connectivity index is 0.000000706. The lowest BCUT2D eigenvalue weighted by molar-refractivity contribution is 1.07. The van der Waals surface area contributed by atoms with Crippen LogP contribution in [0, 0.1) is 5.92 Å². The van der Waals surface area contributed by atoms with Crippen LogP contribution in [0.1, 0.15) is 32.8 Å². The Morgan fingerprint density at radius 3 is 2.79 bits per heavy atom. The highest BCUT2D eigenvalue weighted by Gasteiger charge is 2.29. The molecule has 0 N–H and O–H groups in total. The molecule has 1 atom stereocenters. The van der Waals surface area contributed by atoms with Gasteiger partial charge in [0.25, 0.3) is 0 Å². The first-order valence-corrected chi connectivity index (χ1v) is 10.7. The van der Waals surface area contributed by atoms with Crippen LogP contribution in [-0.2, 0) is 6.42 Å². The van der Waals surface area contributed by atoms with Crippen LogP contribution in [0.5, 0.6) is 0 Å². The van der Waals surface area contributed by atoms with Gasteiger partial charge in [-0.3, -0.25) is 15.0 Å². The molecule has 0 spiro atoms. The third-order valence-corrected chi connectivity index (χ3v) is 5.48. The Hall–Kier alpha value is -2.59. The van der Waals surface area contributed by atoms with Gasteiger partial charge in [-0.15, -0.1) is 11.3 Å². The third kappa shape index (κ3) is 4.28. The van der Waals surface area contributed by atoms with Gasteiger partial charge in [-0.1, -0.05) is 38.5 Å². The highest BCUT2D eigenvalue weighted by atomic mass is 32.1. The van der Waals surface area contributed by atoms with Gasteiger partial charge in [-0.2, -0.15) is 0 Å². The molecule has 2 aromatic rings. The zero-order valence-corrected chi connectivity index (χ0v) is 17.8. The smallest absolute Gasteiger partial charge is 0.0735 e. The molecule has 0 amide bonds. The Bertz CT molecular complexity index is 1020. The van der Waals surface area contributed by atoms with Crippen molar-refractivity contribution in [2.24, 2.45) is 20.9 Å². The monoisotopic (exact) mass is 389 g/mol. The van der Waals surface area contributed by atoms with Crippen molar-refractivity contribution >= 4 is 39.1 Å². The molecule has 2 aliphatic heterocycles. The predicted octanol–water partition coefficient (Wildman–Crippen LogP) is 6.43. The lowest BCUT2D eigenvalue weighted by Gasteiger charge is -2.19. The first-order chi connectivity index (χ1) is 13.7. The summed E-state index contributed by atoms with van der Waals surface area (Å²) < 4.78 is 1.32. The molecule has 0 radical (unpaired) electrons. The molecular weight excluding hydrogens is 362 g/mol. The van der Waals surface area contributed by atoms with Crippen LogP contribution in [0.25, 0.3) is 10.1 Å². The largest absolute Gasteiger partial charge is 0.296 e. The lowest BCUT2D eigenvalue weighted by Crippen LogP contribution is -2.26. The number of aliphatic imine (C=N–C) groups is 3. The van der Waals surface area contributed by atoms with Crippen molar-refractivity contribution in [3.8, 4) is 0 Å². The predicted molar refractivity (Wildman–Crippen MR) is 125 cm³/mol. The Labute approximate surface area is 171 Å². The minimum Gasteiger partial charge on any atom is -0.296 e. The fourth-order valence-corrected chi connectivity index (χ4v) is 4.12. The van der Waals surface area contributed by atoms with Gasteiger partial charge in [0.2, 0.25) is 0 Å². The second-order valence-corrected chi connectivity index (χ2v) is 7.75. The van der Waals surface area contributed by atoms with Crippen molar-refractivity contribution in [1.82, 2.24) is 0 Å². The Kier molecular flexibility index (Phi) is 6.88. The summed E-state index contributed by atoms with van der Waals surface area (Å²) in [6, 6.07) is 8.82. The van der Waals surface area contributed by atoms with Crippen molar-refractivity contribution < 1.29 is 0 Å². The molecule has 4 rings (SSSR count). The van der Waals surface area contributed by atoms with Gasteiger partial charge >= 0.3 is 0 Å². The summed E-state index contributed by atoms with van der Waals surface area (Å²) in [6.07, 6.45) is 12.0. The number of hydrogen-bond acceptors (Lipinski definition) is 4. The minimum atomic E-state index is 0.182. The van der Waals surface area contributed by atoms with Crippen LogP contribution in [0.3, 0.4) is 0 Å². The van der Waals surface area contributed by atoms with E-state index in [0.29, 0.717) is 0 Å². The summed E-state index contributed by atoms with van der Waals surface area (Å²) in [7, 11) is 1.80. The molecule has 0 saturated carbocycles. The number of benzene rings is 1. The van der Waals surface area contributed by atoms with Crippen molar-refractivity contribution in [2.75, 3.05) is 7.05 Å². The molecule has 28 heavy (non-hydrogen) atoms. The highest BCUT2D eigenvalue weighted by Crippen LogP contribution is 2.31. The van der Waals surface area contributed by atoms with E-state index in [1.54, 1.807) is 18.4 Å². The van der Waals surface area contributed by atoms with Crippen molar-refractivity contribution in [2.45, 2.75) is 33.6 Å². The normalized spacial score (nSPS) is 18.5. The standard InChI is InChI=1S/C21H19N3S.C3H8/c1-3-15(12-22-2)18-13-24-21-17(18)6-8-23-19(21)11-14-4-5-20-16(10-14)7-9-25-20;1-3-2/h3-10,12-13,17H,11H2,1-2H3;3H2,1-2H3/b15-3+,22-12?;. The molecule has 0 saturated heterocycles. The molecule has 2 aliphatic rings. The number of rotatable bonds is 4. The van der Waals surface area contributed by atoms with Crippen LogP contribution in [0.4, 0.5) is 0 Å². The van der Waals surface area contributed by atoms with Crippen molar-refractivity contribution in [1.29, 1.82) is 0 Å². The summed E-state index contributed by atoms with van der Waals surface area (Å²) in [5.74, 6) is 0.182. The number of thiophene rings is 1. The zero-order valence-electron chi connectivity index (χ0n) is 17.0. The van der Waals surface area contributed by atoms with E-state index >= 15 is 0 Å². The fraction of sp³-hybridized carbons (Fsp3) is 0.292. The van der Waals surface area contributed by atoms with Crippen LogP contribution >= 0.6 is 11.3 Å². The van der Waals surface area contributed by atoms with E-state index in [1.165, 1.54) is 27.6 Å². The minimum absolute atomic E-state index is 0.182. The van der Waals surface area contributed by atoms with Crippen LogP contribution in [0.2, 0.25) is 0 Å². The second-order valence-electron chi connectivity index (χ2n) is 6.80. The van der Waals surface area contributed by atoms with Gasteiger partial charge in [-0.25, -0.2) is 0 Å². The maximum atomic E-state index is 4.69. The van der Waals surface area contributed by atoms with Crippen LogP contribution in [-0.4, -0.2) is 24.7 Å². The van der Waals surface area contributed by atoms with E-state index in [1.807, 2.05) is 25.5 Å². The molecule has 1 unspecified atom stereocenters. The molecule has 0 aliphatic carbocycles. The Morgan fingerprint density at radius 2 is 2.04 bits per heavy atom. The Morgan fingerprint density at radius 1 is 1.21 bits per heavy atom. The molecule has 1 aromatic carbocycles. The first kappa shape index (κ1) is 20.2. The highest BCUT2D eigenvalue weighted by molar-refractivity contribution is 7.17. The number of allylic oxidation sites excluding steroid dienone is 4. The van der Waals surface area contributed by atoms with E-state index < -0.39 is 0 Å². The average Bonchev–Trinajstić information content (AvgIpc) is 3.34. The number of fused-ring (bicyclic) bond motifs is 2. The van der Waals surface area contributed by atoms with E-state index in [9.17, 15) is 0 Å². The molecule has 0 bridgehead atoms. The number of hydrogen-bond donors (Lipinski definition) is 0. The van der Waals surface area contributed by atoms with Gasteiger partial charge < -0.3 is 0 Å². The SMILES string of the molecule is C/C=C(\C=NC)C1=CN=C2C(Cc3ccc4sccc4c3)=NC=CC12.CCC. The van der Waals surface area contributed by atoms with E-state index in [2.05, 4.69) is 65.6 Å². The fourth-order valence-electron chi connectivity index (χ4n) is 3.35. The van der Waals surface area contributed by atoms with E-state index in [-0.39, 0.29) is 5.92 Å².